The van der Waals surface area contributed by atoms with E-state index in [1.54, 1.807) is 11.3 Å². The molecule has 1 atom stereocenters. The molecule has 1 aromatic heterocycles. The smallest absolute Gasteiger partial charge is 0.0454 e. The van der Waals surface area contributed by atoms with Gasteiger partial charge < -0.3 is 11.1 Å². The molecule has 0 bridgehead atoms. The van der Waals surface area contributed by atoms with E-state index in [-0.39, 0.29) is 0 Å². The van der Waals surface area contributed by atoms with Crippen LogP contribution in [0.25, 0.3) is 0 Å². The van der Waals surface area contributed by atoms with Gasteiger partial charge >= 0.3 is 0 Å². The van der Waals surface area contributed by atoms with Crippen LogP contribution in [0.5, 0.6) is 0 Å². The summed E-state index contributed by atoms with van der Waals surface area (Å²) in [6.07, 6.45) is 0.934. The number of nitrogens with two attached hydrogens (primary N) is 1. The third-order valence-corrected chi connectivity index (χ3v) is 3.70. The average Bonchev–Trinajstić information content (AvgIpc) is 2.81. The van der Waals surface area contributed by atoms with Gasteiger partial charge in [0.25, 0.3) is 0 Å². The molecule has 84 valence electrons. The highest BCUT2D eigenvalue weighted by molar-refractivity contribution is 7.10. The second kappa shape index (κ2) is 5.14. The molecule has 0 saturated carbocycles. The van der Waals surface area contributed by atoms with Crippen molar-refractivity contribution in [2.24, 2.45) is 0 Å². The van der Waals surface area contributed by atoms with Crippen LogP contribution in [0.2, 0.25) is 0 Å². The maximum absolute atomic E-state index is 5.95. The van der Waals surface area contributed by atoms with Crippen LogP contribution in [0.1, 0.15) is 16.5 Å². The van der Waals surface area contributed by atoms with Crippen molar-refractivity contribution in [1.82, 2.24) is 5.32 Å². The Bertz CT molecular complexity index is 437. The Morgan fingerprint density at radius 2 is 2.06 bits per heavy atom. The van der Waals surface area contributed by atoms with Gasteiger partial charge in [0.15, 0.2) is 0 Å². The Morgan fingerprint density at radius 1 is 1.25 bits per heavy atom. The first-order valence-corrected chi connectivity index (χ1v) is 6.23. The molecule has 3 heteroatoms. The highest BCUT2D eigenvalue weighted by atomic mass is 32.1. The Kier molecular flexibility index (Phi) is 3.59. The number of hydrogen-bond acceptors (Lipinski definition) is 3. The van der Waals surface area contributed by atoms with Crippen LogP contribution in [0.15, 0.2) is 41.8 Å². The molecule has 0 saturated heterocycles. The van der Waals surface area contributed by atoms with Crippen molar-refractivity contribution >= 4 is 17.0 Å². The number of rotatable bonds is 4. The van der Waals surface area contributed by atoms with Gasteiger partial charge in [-0.05, 0) is 36.5 Å². The van der Waals surface area contributed by atoms with Crippen LogP contribution in [-0.2, 0) is 6.42 Å². The molecule has 16 heavy (non-hydrogen) atoms. The van der Waals surface area contributed by atoms with Crippen molar-refractivity contribution in [3.05, 3.63) is 52.2 Å². The molecule has 2 rings (SSSR count). The predicted octanol–water partition coefficient (Wildman–Crippen LogP) is 2.83. The molecule has 0 unspecified atom stereocenters. The number of para-hydroxylation sites is 1. The molecule has 1 aromatic carbocycles. The lowest BCUT2D eigenvalue weighted by Crippen LogP contribution is -2.18. The summed E-state index contributed by atoms with van der Waals surface area (Å²) in [7, 11) is 1.99. The van der Waals surface area contributed by atoms with Crippen LogP contribution < -0.4 is 11.1 Å². The summed E-state index contributed by atoms with van der Waals surface area (Å²) in [4.78, 5) is 1.35. The van der Waals surface area contributed by atoms with Crippen LogP contribution in [-0.4, -0.2) is 7.05 Å². The first-order chi connectivity index (χ1) is 7.81. The van der Waals surface area contributed by atoms with Gasteiger partial charge in [-0.3, -0.25) is 0 Å². The summed E-state index contributed by atoms with van der Waals surface area (Å²) in [6, 6.07) is 12.6. The number of anilines is 1. The topological polar surface area (TPSA) is 38.0 Å². The van der Waals surface area contributed by atoms with Gasteiger partial charge in [-0.1, -0.05) is 24.3 Å². The van der Waals surface area contributed by atoms with E-state index in [4.69, 9.17) is 5.73 Å². The lowest BCUT2D eigenvalue weighted by molar-refractivity contribution is 0.603. The van der Waals surface area contributed by atoms with Gasteiger partial charge in [0.2, 0.25) is 0 Å². The molecule has 0 aliphatic rings. The largest absolute Gasteiger partial charge is 0.399 e. The number of nitrogens with one attached hydrogen (secondary N) is 1. The van der Waals surface area contributed by atoms with E-state index in [1.807, 2.05) is 25.2 Å². The van der Waals surface area contributed by atoms with Crippen molar-refractivity contribution < 1.29 is 0 Å². The third-order valence-electron chi connectivity index (χ3n) is 2.71. The molecule has 0 amide bonds. The summed E-state index contributed by atoms with van der Waals surface area (Å²) in [5.41, 5.74) is 8.03. The number of benzene rings is 1. The monoisotopic (exact) mass is 232 g/mol. The van der Waals surface area contributed by atoms with E-state index in [0.717, 1.165) is 12.1 Å². The Labute approximate surface area is 100 Å². The van der Waals surface area contributed by atoms with Crippen molar-refractivity contribution in [2.45, 2.75) is 12.5 Å². The average molecular weight is 232 g/mol. The Balaban J connectivity index is 2.17. The van der Waals surface area contributed by atoms with Gasteiger partial charge in [0.1, 0.15) is 0 Å². The molecule has 0 aliphatic carbocycles. The maximum atomic E-state index is 5.95. The zero-order chi connectivity index (χ0) is 11.4. The minimum atomic E-state index is 0.352. The first-order valence-electron chi connectivity index (χ1n) is 5.35. The number of likely N-dealkylation sites (N-methyl/N-ethyl adjacent to an activating group) is 1. The number of thiophene rings is 1. The third kappa shape index (κ3) is 2.43. The van der Waals surface area contributed by atoms with Gasteiger partial charge in [0.05, 0.1) is 0 Å². The second-order valence-corrected chi connectivity index (χ2v) is 4.74. The first kappa shape index (κ1) is 11.2. The summed E-state index contributed by atoms with van der Waals surface area (Å²) in [5.74, 6) is 0. The summed E-state index contributed by atoms with van der Waals surface area (Å²) in [5, 5.41) is 5.44. The molecule has 3 N–H and O–H groups in total. The van der Waals surface area contributed by atoms with E-state index in [0.29, 0.717) is 6.04 Å². The highest BCUT2D eigenvalue weighted by Crippen LogP contribution is 2.24. The standard InChI is InChI=1S/C13H16N2S/c1-15-12(13-7-4-8-16-13)9-10-5-2-3-6-11(10)14/h2-8,12,15H,9,14H2,1H3/t12-/m1/s1. The minimum Gasteiger partial charge on any atom is -0.399 e. The molecule has 0 spiro atoms. The normalized spacial score (nSPS) is 12.6. The minimum absolute atomic E-state index is 0.352. The zero-order valence-corrected chi connectivity index (χ0v) is 10.1. The van der Waals surface area contributed by atoms with Crippen LogP contribution in [0.4, 0.5) is 5.69 Å². The molecule has 2 aromatic rings. The predicted molar refractivity (Wildman–Crippen MR) is 70.7 cm³/mol. The van der Waals surface area contributed by atoms with Crippen molar-refractivity contribution in [1.29, 1.82) is 0 Å². The Hall–Kier alpha value is -1.32. The van der Waals surface area contributed by atoms with E-state index < -0.39 is 0 Å². The maximum Gasteiger partial charge on any atom is 0.0454 e. The van der Waals surface area contributed by atoms with E-state index in [1.165, 1.54) is 10.4 Å². The molecule has 2 nitrogen and oxygen atoms in total. The quantitative estimate of drug-likeness (QED) is 0.795. The highest BCUT2D eigenvalue weighted by Gasteiger charge is 2.12. The molecule has 0 radical (unpaired) electrons. The van der Waals surface area contributed by atoms with Crippen molar-refractivity contribution in [2.75, 3.05) is 12.8 Å². The van der Waals surface area contributed by atoms with Gasteiger partial charge in [-0.25, -0.2) is 0 Å². The van der Waals surface area contributed by atoms with E-state index in [2.05, 4.69) is 28.9 Å². The lowest BCUT2D eigenvalue weighted by Gasteiger charge is -2.15. The van der Waals surface area contributed by atoms with Gasteiger partial charge in [-0.2, -0.15) is 0 Å². The van der Waals surface area contributed by atoms with Crippen LogP contribution >= 0.6 is 11.3 Å². The molecule has 0 fully saturated rings. The molecular weight excluding hydrogens is 216 g/mol. The van der Waals surface area contributed by atoms with Crippen LogP contribution in [0, 0.1) is 0 Å². The van der Waals surface area contributed by atoms with E-state index >= 15 is 0 Å². The van der Waals surface area contributed by atoms with Crippen molar-refractivity contribution in [3.8, 4) is 0 Å². The molecule has 0 aliphatic heterocycles. The molecular formula is C13H16N2S. The number of nitrogen functional groups attached to an aromatic ring is 1. The SMILES string of the molecule is CN[C@H](Cc1ccccc1N)c1cccs1. The zero-order valence-electron chi connectivity index (χ0n) is 9.31. The second-order valence-electron chi connectivity index (χ2n) is 3.76. The fraction of sp³-hybridized carbons (Fsp3) is 0.231. The molecule has 1 heterocycles. The van der Waals surface area contributed by atoms with Gasteiger partial charge in [-0.15, -0.1) is 11.3 Å². The summed E-state index contributed by atoms with van der Waals surface area (Å²) in [6.45, 7) is 0. The van der Waals surface area contributed by atoms with Gasteiger partial charge in [0, 0.05) is 16.6 Å². The summed E-state index contributed by atoms with van der Waals surface area (Å²) < 4.78 is 0. The fourth-order valence-corrected chi connectivity index (χ4v) is 2.61. The number of hydrogen-bond donors (Lipinski definition) is 2. The summed E-state index contributed by atoms with van der Waals surface area (Å²) >= 11 is 1.78. The van der Waals surface area contributed by atoms with Crippen molar-refractivity contribution in [3.63, 3.8) is 0 Å². The fourth-order valence-electron chi connectivity index (χ4n) is 1.77. The Morgan fingerprint density at radius 3 is 2.69 bits per heavy atom. The van der Waals surface area contributed by atoms with Crippen LogP contribution in [0.3, 0.4) is 0 Å². The van der Waals surface area contributed by atoms with E-state index in [9.17, 15) is 0 Å². The lowest BCUT2D eigenvalue weighted by atomic mass is 10.0.